The lowest BCUT2D eigenvalue weighted by molar-refractivity contribution is -0.141. The normalized spacial score (nSPS) is 20.7. The van der Waals surface area contributed by atoms with Gasteiger partial charge in [0.05, 0.1) is 28.3 Å². The maximum absolute atomic E-state index is 14.1. The molecule has 3 aliphatic rings. The Morgan fingerprint density at radius 2 is 1.69 bits per heavy atom. The fraction of sp³-hybridized carbons (Fsp3) is 0.452. The van der Waals surface area contributed by atoms with E-state index in [0.717, 1.165) is 55.2 Å². The second-order valence-corrected chi connectivity index (χ2v) is 16.2. The fourth-order valence-corrected chi connectivity index (χ4v) is 9.13. The predicted molar refractivity (Wildman–Crippen MR) is 213 cm³/mol. The molecule has 5 aromatic rings. The molecule has 2 N–H and O–H groups in total. The summed E-state index contributed by atoms with van der Waals surface area (Å²) >= 11 is 0. The van der Waals surface area contributed by atoms with E-state index >= 15 is 0 Å². The third kappa shape index (κ3) is 8.26. The Hall–Kier alpha value is -5.98. The summed E-state index contributed by atoms with van der Waals surface area (Å²) in [5.74, 6) is -2.00. The van der Waals surface area contributed by atoms with Crippen LogP contribution in [-0.2, 0) is 34.2 Å². The average molecular weight is 850 g/mol. The number of imide groups is 1. The number of pyridine rings is 1. The van der Waals surface area contributed by atoms with Crippen molar-refractivity contribution in [2.75, 3.05) is 25.5 Å². The quantitative estimate of drug-likeness (QED) is 0.133. The molecule has 5 heterocycles. The van der Waals surface area contributed by atoms with Crippen LogP contribution < -0.4 is 16.3 Å². The van der Waals surface area contributed by atoms with Gasteiger partial charge in [0.1, 0.15) is 17.4 Å². The summed E-state index contributed by atoms with van der Waals surface area (Å²) in [6.07, 6.45) is -1.69. The Bertz CT molecular complexity index is 2590. The first-order valence-electron chi connectivity index (χ1n) is 20.3. The maximum atomic E-state index is 14.1. The van der Waals surface area contributed by atoms with Gasteiger partial charge in [-0.3, -0.25) is 43.2 Å². The van der Waals surface area contributed by atoms with E-state index in [-0.39, 0.29) is 59.6 Å². The van der Waals surface area contributed by atoms with Crippen molar-refractivity contribution in [1.29, 1.82) is 0 Å². The lowest BCUT2D eigenvalue weighted by atomic mass is 9.84. The third-order valence-corrected chi connectivity index (χ3v) is 12.4. The van der Waals surface area contributed by atoms with Crippen molar-refractivity contribution >= 4 is 51.3 Å². The smallest absolute Gasteiger partial charge is 0.342 e. The largest absolute Gasteiger partial charge is 0.433 e. The topological polar surface area (TPSA) is 156 Å². The van der Waals surface area contributed by atoms with Gasteiger partial charge in [-0.1, -0.05) is 18.2 Å². The second kappa shape index (κ2) is 16.5. The number of benzene rings is 2. The summed E-state index contributed by atoms with van der Waals surface area (Å²) in [4.78, 5) is 71.9. The number of fused-ring (bicyclic) bond motifs is 2. The van der Waals surface area contributed by atoms with Gasteiger partial charge in [0.15, 0.2) is 0 Å². The number of aromatic nitrogens is 5. The molecule has 1 aliphatic carbocycles. The van der Waals surface area contributed by atoms with Gasteiger partial charge in [-0.25, -0.2) is 18.6 Å². The number of piperidine rings is 2. The van der Waals surface area contributed by atoms with E-state index in [1.165, 1.54) is 10.6 Å². The van der Waals surface area contributed by atoms with Gasteiger partial charge < -0.3 is 10.2 Å². The number of rotatable bonds is 9. The van der Waals surface area contributed by atoms with E-state index in [1.54, 1.807) is 22.5 Å². The number of halogens is 5. The molecule has 1 unspecified atom stereocenters. The first kappa shape index (κ1) is 41.7. The number of imidazole rings is 1. The van der Waals surface area contributed by atoms with E-state index in [4.69, 9.17) is 0 Å². The number of nitrogens with one attached hydrogen (secondary N) is 2. The number of carbonyl (C=O) groups excluding carboxylic acids is 4. The molecule has 0 spiro atoms. The molecule has 3 fully saturated rings. The first-order valence-corrected chi connectivity index (χ1v) is 20.3. The minimum Gasteiger partial charge on any atom is -0.342 e. The van der Waals surface area contributed by atoms with E-state index in [0.29, 0.717) is 49.2 Å². The molecule has 61 heavy (non-hydrogen) atoms. The van der Waals surface area contributed by atoms with Crippen LogP contribution in [0.1, 0.15) is 97.2 Å². The highest BCUT2D eigenvalue weighted by molar-refractivity contribution is 6.04. The van der Waals surface area contributed by atoms with E-state index in [1.807, 2.05) is 30.1 Å². The average Bonchev–Trinajstić information content (AvgIpc) is 3.77. The minimum atomic E-state index is -4.79. The van der Waals surface area contributed by atoms with Crippen molar-refractivity contribution in [2.24, 2.45) is 13.0 Å². The molecule has 0 radical (unpaired) electrons. The molecule has 0 bridgehead atoms. The second-order valence-electron chi connectivity index (χ2n) is 16.2. The molecule has 2 aliphatic heterocycles. The van der Waals surface area contributed by atoms with Gasteiger partial charge >= 0.3 is 11.9 Å². The Kier molecular flexibility index (Phi) is 11.3. The van der Waals surface area contributed by atoms with E-state index < -0.39 is 47.4 Å². The van der Waals surface area contributed by atoms with Crippen molar-refractivity contribution in [3.63, 3.8) is 0 Å². The van der Waals surface area contributed by atoms with Gasteiger partial charge in [-0.15, -0.1) is 0 Å². The zero-order valence-corrected chi connectivity index (χ0v) is 33.4. The molecule has 14 nitrogen and oxygen atoms in total. The third-order valence-electron chi connectivity index (χ3n) is 12.4. The minimum absolute atomic E-state index is 0.0507. The molecule has 4 amide bonds. The van der Waals surface area contributed by atoms with Crippen molar-refractivity contribution in [3.8, 4) is 0 Å². The molecule has 2 saturated heterocycles. The molecule has 3 aromatic heterocycles. The molecule has 2 aromatic carbocycles. The number of anilines is 1. The number of aryl methyl sites for hydroxylation is 1. The van der Waals surface area contributed by atoms with Gasteiger partial charge in [0, 0.05) is 69.3 Å². The van der Waals surface area contributed by atoms with Crippen LogP contribution in [0.2, 0.25) is 0 Å². The van der Waals surface area contributed by atoms with Crippen molar-refractivity contribution < 1.29 is 41.1 Å². The fourth-order valence-electron chi connectivity index (χ4n) is 9.13. The summed E-state index contributed by atoms with van der Waals surface area (Å²) in [6, 6.07) is 10.1. The van der Waals surface area contributed by atoms with Gasteiger partial charge in [-0.2, -0.15) is 18.3 Å². The Balaban J connectivity index is 0.869. The lowest BCUT2D eigenvalue weighted by Crippen LogP contribution is -2.47. The highest BCUT2D eigenvalue weighted by Crippen LogP contribution is 2.37. The summed E-state index contributed by atoms with van der Waals surface area (Å²) in [5.41, 5.74) is -0.376. The molecular formula is C42H44F5N9O5. The van der Waals surface area contributed by atoms with Gasteiger partial charge in [-0.05, 0) is 80.8 Å². The summed E-state index contributed by atoms with van der Waals surface area (Å²) < 4.78 is 72.5. The standard InChI is InChI=1S/C42H44F5N9O5/c1-52(26-15-17-54(18-16-26)21-24-5-3-7-32-36(24)53(2)41(61)56(32)33-13-14-35(57)50-39(33)59)40(60)23-9-11-27(12-10-23)55-22-25-19-31(28(37(43)44)20-30(25)51-55)49-38(58)29-6-4-8-34(48-29)42(45,46)47/h3-8,19-20,22-23,26-27,33,37H,9-18,21H2,1-2H3,(H,49,58)(H,50,57,59). The van der Waals surface area contributed by atoms with Crippen LogP contribution in [0.5, 0.6) is 0 Å². The number of para-hydroxylation sites is 1. The molecule has 19 heteroatoms. The van der Waals surface area contributed by atoms with E-state index in [2.05, 4.69) is 25.6 Å². The molecule has 8 rings (SSSR count). The van der Waals surface area contributed by atoms with E-state index in [9.17, 15) is 45.9 Å². The Labute approximate surface area is 345 Å². The molecule has 1 atom stereocenters. The Morgan fingerprint density at radius 3 is 2.38 bits per heavy atom. The Morgan fingerprint density at radius 1 is 0.967 bits per heavy atom. The number of alkyl halides is 5. The van der Waals surface area contributed by atoms with Gasteiger partial charge in [0.25, 0.3) is 12.3 Å². The number of likely N-dealkylation sites (tertiary alicyclic amines) is 1. The van der Waals surface area contributed by atoms with Gasteiger partial charge in [0.2, 0.25) is 17.7 Å². The van der Waals surface area contributed by atoms with Crippen molar-refractivity contribution in [2.45, 2.75) is 88.6 Å². The van der Waals surface area contributed by atoms with Crippen LogP contribution in [0.4, 0.5) is 27.6 Å². The zero-order chi connectivity index (χ0) is 43.3. The van der Waals surface area contributed by atoms with Crippen LogP contribution in [0.15, 0.2) is 59.5 Å². The summed E-state index contributed by atoms with van der Waals surface area (Å²) in [7, 11) is 3.54. The van der Waals surface area contributed by atoms with Crippen LogP contribution in [-0.4, -0.2) is 83.5 Å². The van der Waals surface area contributed by atoms with Crippen LogP contribution in [0.25, 0.3) is 21.9 Å². The zero-order valence-electron chi connectivity index (χ0n) is 33.4. The molecule has 322 valence electrons. The molecular weight excluding hydrogens is 806 g/mol. The number of amides is 4. The van der Waals surface area contributed by atoms with Crippen molar-refractivity contribution in [1.82, 2.24) is 39.0 Å². The number of nitrogens with zero attached hydrogens (tertiary/aromatic N) is 7. The molecule has 1 saturated carbocycles. The highest BCUT2D eigenvalue weighted by Gasteiger charge is 2.36. The SMILES string of the molecule is CN(C(=O)C1CCC(n2cc3cc(NC(=O)c4cccc(C(F)(F)F)n4)c(C(F)F)cc3n2)CC1)C1CCN(Cc2cccc3c2n(C)c(=O)n3C2CCC(=O)NC2=O)CC1. The number of carbonyl (C=O) groups is 4. The summed E-state index contributed by atoms with van der Waals surface area (Å²) in [5, 5.41) is 9.65. The first-order chi connectivity index (χ1) is 29.1. The van der Waals surface area contributed by atoms with Crippen LogP contribution in [0.3, 0.4) is 0 Å². The number of hydrogen-bond acceptors (Lipinski definition) is 8. The summed E-state index contributed by atoms with van der Waals surface area (Å²) in [6.45, 7) is 2.05. The predicted octanol–water partition coefficient (Wildman–Crippen LogP) is 6.13. The van der Waals surface area contributed by atoms with Crippen LogP contribution >= 0.6 is 0 Å². The van der Waals surface area contributed by atoms with Crippen LogP contribution in [0, 0.1) is 5.92 Å². The highest BCUT2D eigenvalue weighted by atomic mass is 19.4. The number of hydrogen-bond donors (Lipinski definition) is 2. The maximum Gasteiger partial charge on any atom is 0.433 e. The lowest BCUT2D eigenvalue weighted by Gasteiger charge is -2.39. The van der Waals surface area contributed by atoms with Crippen molar-refractivity contribution in [3.05, 3.63) is 87.7 Å². The monoisotopic (exact) mass is 849 g/mol.